The minimum Gasteiger partial charge on any atom is -0.446 e. The number of rotatable bonds is 3. The number of carbonyl (C=O) groups excluding carboxylic acids is 1. The Kier molecular flexibility index (Phi) is 6.23. The number of ether oxygens (including phenoxy) is 1. The molecule has 2 rings (SSSR count). The van der Waals surface area contributed by atoms with E-state index in [9.17, 15) is 4.79 Å². The Labute approximate surface area is 143 Å². The number of benzene rings is 2. The van der Waals surface area contributed by atoms with E-state index in [4.69, 9.17) is 4.74 Å². The lowest BCUT2D eigenvalue weighted by Crippen LogP contribution is -2.29. The van der Waals surface area contributed by atoms with Crippen molar-refractivity contribution in [1.29, 1.82) is 0 Å². The minimum atomic E-state index is -0.840. The number of hydrogen-bond acceptors (Lipinski definition) is 2. The first-order valence-corrected chi connectivity index (χ1v) is 7.89. The molecule has 0 aromatic heterocycles. The molecule has 0 aliphatic rings. The lowest BCUT2D eigenvalue weighted by Gasteiger charge is -2.22. The number of carbonyl (C=O) groups is 1. The molecule has 2 nitrogen and oxygen atoms in total. The summed E-state index contributed by atoms with van der Waals surface area (Å²) in [4.78, 5) is 11.4. The minimum absolute atomic E-state index is 0.337. The quantitative estimate of drug-likeness (QED) is 0.627. The summed E-state index contributed by atoms with van der Waals surface area (Å²) in [6, 6.07) is 19.5. The molecule has 0 amide bonds. The number of hydrogen-bond donors (Lipinski definition) is 0. The van der Waals surface area contributed by atoms with E-state index < -0.39 is 5.60 Å². The van der Waals surface area contributed by atoms with Crippen molar-refractivity contribution < 1.29 is 9.53 Å². The Hall–Kier alpha value is -2.97. The largest absolute Gasteiger partial charge is 0.446 e. The van der Waals surface area contributed by atoms with Crippen molar-refractivity contribution in [3.63, 3.8) is 0 Å². The van der Waals surface area contributed by atoms with Crippen LogP contribution in [-0.2, 0) is 9.53 Å². The van der Waals surface area contributed by atoms with Gasteiger partial charge in [-0.15, -0.1) is 0 Å². The standard InChI is InChI=1S/C22H20O2/c1-19(23)24-22(2,18-16-21-13-7-4-8-14-21)17-10-9-15-20-11-5-3-6-12-20/h3-8,11-14H,10,17H2,1-2H3. The molecule has 120 valence electrons. The third-order valence-electron chi connectivity index (χ3n) is 3.35. The maximum absolute atomic E-state index is 11.4. The molecule has 1 unspecified atom stereocenters. The van der Waals surface area contributed by atoms with Gasteiger partial charge in [0.2, 0.25) is 0 Å². The molecule has 1 atom stereocenters. The SMILES string of the molecule is CC(=O)OC(C)(C#Cc1ccccc1)CCC#Cc1ccccc1. The second kappa shape index (κ2) is 8.61. The van der Waals surface area contributed by atoms with Crippen molar-refractivity contribution in [3.8, 4) is 23.7 Å². The molecule has 0 spiro atoms. The molecule has 0 aliphatic heterocycles. The van der Waals surface area contributed by atoms with Gasteiger partial charge >= 0.3 is 5.97 Å². The van der Waals surface area contributed by atoms with Crippen LogP contribution in [0.25, 0.3) is 0 Å². The third kappa shape index (κ3) is 6.03. The summed E-state index contributed by atoms with van der Waals surface area (Å²) in [7, 11) is 0. The molecular formula is C22H20O2. The summed E-state index contributed by atoms with van der Waals surface area (Å²) in [6.45, 7) is 3.23. The molecule has 0 aliphatic carbocycles. The van der Waals surface area contributed by atoms with E-state index in [2.05, 4.69) is 23.7 Å². The Balaban J connectivity index is 2.06. The van der Waals surface area contributed by atoms with E-state index in [1.54, 1.807) is 0 Å². The van der Waals surface area contributed by atoms with Crippen molar-refractivity contribution in [1.82, 2.24) is 0 Å². The van der Waals surface area contributed by atoms with Crippen molar-refractivity contribution in [2.75, 3.05) is 0 Å². The summed E-state index contributed by atoms with van der Waals surface area (Å²) in [5, 5.41) is 0. The lowest BCUT2D eigenvalue weighted by molar-refractivity contribution is -0.150. The molecule has 0 saturated heterocycles. The summed E-state index contributed by atoms with van der Waals surface area (Å²) in [6.07, 6.45) is 1.16. The molecule has 24 heavy (non-hydrogen) atoms. The topological polar surface area (TPSA) is 26.3 Å². The van der Waals surface area contributed by atoms with Gasteiger partial charge in [0, 0.05) is 30.9 Å². The van der Waals surface area contributed by atoms with Gasteiger partial charge < -0.3 is 4.74 Å². The van der Waals surface area contributed by atoms with Crippen LogP contribution in [0.3, 0.4) is 0 Å². The molecule has 2 aromatic carbocycles. The summed E-state index contributed by atoms with van der Waals surface area (Å²) in [5.41, 5.74) is 1.03. The van der Waals surface area contributed by atoms with Gasteiger partial charge in [0.15, 0.2) is 5.60 Å². The van der Waals surface area contributed by atoms with Gasteiger partial charge in [0.05, 0.1) is 0 Å². The van der Waals surface area contributed by atoms with Crippen LogP contribution < -0.4 is 0 Å². The lowest BCUT2D eigenvalue weighted by atomic mass is 9.99. The van der Waals surface area contributed by atoms with Crippen LogP contribution in [0.15, 0.2) is 60.7 Å². The highest BCUT2D eigenvalue weighted by atomic mass is 16.6. The Morgan fingerprint density at radius 2 is 1.50 bits per heavy atom. The zero-order valence-electron chi connectivity index (χ0n) is 14.0. The first-order valence-electron chi connectivity index (χ1n) is 7.89. The molecule has 0 saturated carbocycles. The average molecular weight is 316 g/mol. The molecule has 0 bridgehead atoms. The maximum Gasteiger partial charge on any atom is 0.304 e. The fourth-order valence-electron chi connectivity index (χ4n) is 2.17. The normalized spacial score (nSPS) is 11.9. The zero-order valence-corrected chi connectivity index (χ0v) is 14.0. The van der Waals surface area contributed by atoms with Gasteiger partial charge in [-0.3, -0.25) is 4.79 Å². The van der Waals surface area contributed by atoms with Crippen molar-refractivity contribution in [3.05, 3.63) is 71.8 Å². The van der Waals surface area contributed by atoms with Gasteiger partial charge in [0.1, 0.15) is 0 Å². The van der Waals surface area contributed by atoms with Gasteiger partial charge in [-0.25, -0.2) is 0 Å². The van der Waals surface area contributed by atoms with Gasteiger partial charge in [-0.1, -0.05) is 60.1 Å². The molecular weight excluding hydrogens is 296 g/mol. The fraction of sp³-hybridized carbons (Fsp3) is 0.227. The summed E-state index contributed by atoms with van der Waals surface area (Å²) >= 11 is 0. The van der Waals surface area contributed by atoms with Gasteiger partial charge in [0.25, 0.3) is 0 Å². The molecule has 0 N–H and O–H groups in total. The highest BCUT2D eigenvalue weighted by Crippen LogP contribution is 2.17. The smallest absolute Gasteiger partial charge is 0.304 e. The first-order chi connectivity index (χ1) is 11.6. The van der Waals surface area contributed by atoms with Crippen LogP contribution >= 0.6 is 0 Å². The second-order valence-electron chi connectivity index (χ2n) is 5.61. The highest BCUT2D eigenvalue weighted by molar-refractivity contribution is 5.67. The second-order valence-corrected chi connectivity index (χ2v) is 5.61. The predicted octanol–water partition coefficient (Wildman–Crippen LogP) is 4.19. The first kappa shape index (κ1) is 17.4. The highest BCUT2D eigenvalue weighted by Gasteiger charge is 2.24. The van der Waals surface area contributed by atoms with Gasteiger partial charge in [-0.2, -0.15) is 0 Å². The fourth-order valence-corrected chi connectivity index (χ4v) is 2.17. The van der Waals surface area contributed by atoms with E-state index in [0.717, 1.165) is 11.1 Å². The zero-order chi connectivity index (χ0) is 17.3. The molecule has 0 heterocycles. The Morgan fingerprint density at radius 1 is 0.958 bits per heavy atom. The average Bonchev–Trinajstić information content (AvgIpc) is 2.58. The van der Waals surface area contributed by atoms with E-state index >= 15 is 0 Å². The van der Waals surface area contributed by atoms with E-state index in [1.807, 2.05) is 67.6 Å². The van der Waals surface area contributed by atoms with Crippen LogP contribution in [0.4, 0.5) is 0 Å². The summed E-state index contributed by atoms with van der Waals surface area (Å²) in [5.74, 6) is 12.0. The predicted molar refractivity (Wildman–Crippen MR) is 96.0 cm³/mol. The van der Waals surface area contributed by atoms with Crippen molar-refractivity contribution in [2.24, 2.45) is 0 Å². The monoisotopic (exact) mass is 316 g/mol. The molecule has 2 heteroatoms. The van der Waals surface area contributed by atoms with Crippen molar-refractivity contribution >= 4 is 5.97 Å². The Morgan fingerprint density at radius 3 is 2.04 bits per heavy atom. The molecule has 0 radical (unpaired) electrons. The maximum atomic E-state index is 11.4. The van der Waals surface area contributed by atoms with Crippen LogP contribution in [0.1, 0.15) is 37.8 Å². The molecule has 2 aromatic rings. The van der Waals surface area contributed by atoms with Crippen LogP contribution in [0, 0.1) is 23.7 Å². The van der Waals surface area contributed by atoms with Gasteiger partial charge in [-0.05, 0) is 31.2 Å². The van der Waals surface area contributed by atoms with Crippen LogP contribution in [0.2, 0.25) is 0 Å². The van der Waals surface area contributed by atoms with Crippen molar-refractivity contribution in [2.45, 2.75) is 32.3 Å². The van der Waals surface area contributed by atoms with E-state index in [-0.39, 0.29) is 5.97 Å². The number of esters is 1. The summed E-state index contributed by atoms with van der Waals surface area (Å²) < 4.78 is 5.43. The molecule has 0 fully saturated rings. The Bertz CT molecular complexity index is 786. The van der Waals surface area contributed by atoms with E-state index in [0.29, 0.717) is 12.8 Å². The van der Waals surface area contributed by atoms with Crippen LogP contribution in [-0.4, -0.2) is 11.6 Å². The van der Waals surface area contributed by atoms with E-state index in [1.165, 1.54) is 6.92 Å². The van der Waals surface area contributed by atoms with Crippen LogP contribution in [0.5, 0.6) is 0 Å². The third-order valence-corrected chi connectivity index (χ3v) is 3.35.